The summed E-state index contributed by atoms with van der Waals surface area (Å²) >= 11 is 0. The Hall–Kier alpha value is -0.130. The summed E-state index contributed by atoms with van der Waals surface area (Å²) in [5, 5.41) is 3.48. The molecule has 0 bridgehead atoms. The van der Waals surface area contributed by atoms with Crippen LogP contribution in [0.25, 0.3) is 0 Å². The summed E-state index contributed by atoms with van der Waals surface area (Å²) in [4.78, 5) is 2.48. The minimum absolute atomic E-state index is 0.369. The molecule has 5 heteroatoms. The molecule has 0 radical (unpaired) electrons. The number of nitrogens with zero attached hydrogens (tertiary/aromatic N) is 1. The predicted molar refractivity (Wildman–Crippen MR) is 65.4 cm³/mol. The van der Waals surface area contributed by atoms with Crippen molar-refractivity contribution in [2.45, 2.75) is 31.7 Å². The van der Waals surface area contributed by atoms with Crippen molar-refractivity contribution in [3.63, 3.8) is 0 Å². The number of likely N-dealkylation sites (tertiary alicyclic amines) is 1. The van der Waals surface area contributed by atoms with Gasteiger partial charge in [0.15, 0.2) is 0 Å². The van der Waals surface area contributed by atoms with E-state index in [-0.39, 0.29) is 0 Å². The highest BCUT2D eigenvalue weighted by atomic mass is 32.2. The maximum atomic E-state index is 11.2. The van der Waals surface area contributed by atoms with E-state index >= 15 is 0 Å². The summed E-state index contributed by atoms with van der Waals surface area (Å²) in [5.41, 5.74) is 0. The van der Waals surface area contributed by atoms with E-state index in [4.69, 9.17) is 0 Å². The molecule has 0 aromatic rings. The van der Waals surface area contributed by atoms with Crippen molar-refractivity contribution >= 4 is 9.84 Å². The molecule has 0 spiro atoms. The van der Waals surface area contributed by atoms with Crippen molar-refractivity contribution in [2.24, 2.45) is 0 Å². The van der Waals surface area contributed by atoms with Crippen LogP contribution in [0.3, 0.4) is 0 Å². The molecule has 0 aromatic carbocycles. The minimum Gasteiger partial charge on any atom is -0.313 e. The maximum Gasteiger partial charge on any atom is 0.150 e. The molecule has 16 heavy (non-hydrogen) atoms. The fraction of sp³-hybridized carbons (Fsp3) is 1.00. The molecule has 94 valence electrons. The number of sulfone groups is 1. The molecule has 0 unspecified atom stereocenters. The molecule has 2 heterocycles. The number of rotatable bonds is 4. The standard InChI is InChI=1S/C11H22N2O2S/c14-16(15)9-3-11(4-10-16)12-5-8-13-6-1-2-7-13/h11-12H,1-10H2. The quantitative estimate of drug-likeness (QED) is 0.772. The number of hydrogen-bond acceptors (Lipinski definition) is 4. The summed E-state index contributed by atoms with van der Waals surface area (Å²) in [6.07, 6.45) is 4.26. The van der Waals surface area contributed by atoms with Gasteiger partial charge in [-0.1, -0.05) is 0 Å². The molecule has 2 saturated heterocycles. The first-order chi connectivity index (χ1) is 7.66. The minimum atomic E-state index is -2.71. The van der Waals surface area contributed by atoms with Crippen molar-refractivity contribution in [1.82, 2.24) is 10.2 Å². The van der Waals surface area contributed by atoms with Gasteiger partial charge >= 0.3 is 0 Å². The normalized spacial score (nSPS) is 27.2. The van der Waals surface area contributed by atoms with E-state index in [0.29, 0.717) is 17.5 Å². The van der Waals surface area contributed by atoms with E-state index in [0.717, 1.165) is 25.9 Å². The average Bonchev–Trinajstić information content (AvgIpc) is 2.73. The molecular weight excluding hydrogens is 224 g/mol. The van der Waals surface area contributed by atoms with Gasteiger partial charge in [-0.05, 0) is 38.8 Å². The number of nitrogens with one attached hydrogen (secondary N) is 1. The molecule has 0 aromatic heterocycles. The van der Waals surface area contributed by atoms with E-state index in [1.807, 2.05) is 0 Å². The summed E-state index contributed by atoms with van der Waals surface area (Å²) in [7, 11) is -2.71. The second kappa shape index (κ2) is 5.47. The van der Waals surface area contributed by atoms with Crippen molar-refractivity contribution in [1.29, 1.82) is 0 Å². The monoisotopic (exact) mass is 246 g/mol. The van der Waals surface area contributed by atoms with Crippen LogP contribution in [-0.2, 0) is 9.84 Å². The molecule has 2 fully saturated rings. The third-order valence-corrected chi connectivity index (χ3v) is 5.33. The first-order valence-corrected chi connectivity index (χ1v) is 8.14. The SMILES string of the molecule is O=S1(=O)CCC(NCCN2CCCC2)CC1. The molecule has 2 rings (SSSR count). The van der Waals surface area contributed by atoms with Gasteiger partial charge in [0.1, 0.15) is 9.84 Å². The van der Waals surface area contributed by atoms with Crippen molar-refractivity contribution in [3.8, 4) is 0 Å². The Bertz CT molecular complexity index is 296. The average molecular weight is 246 g/mol. The summed E-state index contributed by atoms with van der Waals surface area (Å²) in [6.45, 7) is 4.59. The highest BCUT2D eigenvalue weighted by Crippen LogP contribution is 2.12. The van der Waals surface area contributed by atoms with E-state index < -0.39 is 9.84 Å². The van der Waals surface area contributed by atoms with Gasteiger partial charge < -0.3 is 10.2 Å². The van der Waals surface area contributed by atoms with Gasteiger partial charge in [-0.25, -0.2) is 8.42 Å². The lowest BCUT2D eigenvalue weighted by atomic mass is 10.1. The van der Waals surface area contributed by atoms with Gasteiger partial charge in [-0.2, -0.15) is 0 Å². The highest BCUT2D eigenvalue weighted by molar-refractivity contribution is 7.91. The lowest BCUT2D eigenvalue weighted by Crippen LogP contribution is -2.41. The van der Waals surface area contributed by atoms with E-state index in [1.54, 1.807) is 0 Å². The van der Waals surface area contributed by atoms with Gasteiger partial charge in [0, 0.05) is 19.1 Å². The third-order valence-electron chi connectivity index (χ3n) is 3.61. The van der Waals surface area contributed by atoms with Crippen molar-refractivity contribution < 1.29 is 8.42 Å². The molecule has 0 amide bonds. The Morgan fingerprint density at radius 3 is 2.38 bits per heavy atom. The molecule has 0 saturated carbocycles. The lowest BCUT2D eigenvalue weighted by Gasteiger charge is -2.24. The van der Waals surface area contributed by atoms with E-state index in [2.05, 4.69) is 10.2 Å². The van der Waals surface area contributed by atoms with Crippen LogP contribution in [0.2, 0.25) is 0 Å². The van der Waals surface area contributed by atoms with Crippen molar-refractivity contribution in [2.75, 3.05) is 37.7 Å². The first-order valence-electron chi connectivity index (χ1n) is 6.32. The van der Waals surface area contributed by atoms with Crippen LogP contribution in [-0.4, -0.2) is 57.0 Å². The van der Waals surface area contributed by atoms with Gasteiger partial charge in [-0.3, -0.25) is 0 Å². The van der Waals surface area contributed by atoms with Crippen LogP contribution in [0.4, 0.5) is 0 Å². The topological polar surface area (TPSA) is 49.4 Å². The molecule has 2 aliphatic rings. The largest absolute Gasteiger partial charge is 0.313 e. The fourth-order valence-electron chi connectivity index (χ4n) is 2.53. The van der Waals surface area contributed by atoms with Gasteiger partial charge in [0.25, 0.3) is 0 Å². The zero-order valence-electron chi connectivity index (χ0n) is 9.82. The van der Waals surface area contributed by atoms with Crippen LogP contribution in [0.1, 0.15) is 25.7 Å². The molecule has 0 aliphatic carbocycles. The van der Waals surface area contributed by atoms with Gasteiger partial charge in [0.2, 0.25) is 0 Å². The van der Waals surface area contributed by atoms with Crippen molar-refractivity contribution in [3.05, 3.63) is 0 Å². The first kappa shape index (κ1) is 12.3. The smallest absolute Gasteiger partial charge is 0.150 e. The molecule has 2 aliphatic heterocycles. The Balaban J connectivity index is 1.60. The molecule has 1 N–H and O–H groups in total. The van der Waals surface area contributed by atoms with E-state index in [1.165, 1.54) is 25.9 Å². The van der Waals surface area contributed by atoms with Crippen LogP contribution in [0.5, 0.6) is 0 Å². The summed E-state index contributed by atoms with van der Waals surface area (Å²) < 4.78 is 22.5. The number of hydrogen-bond donors (Lipinski definition) is 1. The Morgan fingerprint density at radius 2 is 1.75 bits per heavy atom. The summed E-state index contributed by atoms with van der Waals surface area (Å²) in [5.74, 6) is 0.739. The van der Waals surface area contributed by atoms with Crippen LogP contribution < -0.4 is 5.32 Å². The Morgan fingerprint density at radius 1 is 1.12 bits per heavy atom. The van der Waals surface area contributed by atoms with Gasteiger partial charge in [-0.15, -0.1) is 0 Å². The van der Waals surface area contributed by atoms with E-state index in [9.17, 15) is 8.42 Å². The third kappa shape index (κ3) is 3.71. The molecule has 4 nitrogen and oxygen atoms in total. The zero-order valence-corrected chi connectivity index (χ0v) is 10.6. The van der Waals surface area contributed by atoms with Crippen LogP contribution in [0.15, 0.2) is 0 Å². The van der Waals surface area contributed by atoms with Gasteiger partial charge in [0.05, 0.1) is 11.5 Å². The Kier molecular flexibility index (Phi) is 4.21. The molecular formula is C11H22N2O2S. The van der Waals surface area contributed by atoms with Crippen LogP contribution >= 0.6 is 0 Å². The second-order valence-electron chi connectivity index (χ2n) is 4.93. The fourth-order valence-corrected chi connectivity index (χ4v) is 4.02. The molecule has 0 atom stereocenters. The highest BCUT2D eigenvalue weighted by Gasteiger charge is 2.23. The van der Waals surface area contributed by atoms with Crippen LogP contribution in [0, 0.1) is 0 Å². The zero-order chi connectivity index (χ0) is 11.4. The Labute approximate surface area is 98.3 Å². The second-order valence-corrected chi connectivity index (χ2v) is 7.23. The lowest BCUT2D eigenvalue weighted by molar-refractivity contribution is 0.323. The summed E-state index contributed by atoms with van der Waals surface area (Å²) in [6, 6.07) is 0.422. The maximum absolute atomic E-state index is 11.2. The predicted octanol–water partition coefficient (Wildman–Crippen LogP) is 0.249.